The minimum Gasteiger partial charge on any atom is -0.258 e. The van der Waals surface area contributed by atoms with Crippen LogP contribution in [0.15, 0.2) is 18.2 Å². The molecule has 3 nitrogen and oxygen atoms in total. The van der Waals surface area contributed by atoms with Crippen LogP contribution >= 0.6 is 0 Å². The van der Waals surface area contributed by atoms with Crippen molar-refractivity contribution in [2.75, 3.05) is 0 Å². The fourth-order valence-corrected chi connectivity index (χ4v) is 1.03. The number of nitro benzene ring substituents is 1. The van der Waals surface area contributed by atoms with Crippen molar-refractivity contribution in [3.8, 4) is 0 Å². The second-order valence-corrected chi connectivity index (χ2v) is 2.75. The SMILES string of the molecule is CC.Cc1ccc([N+](=O)[O-])cc1C(F)(F)F. The molecule has 0 aromatic heterocycles. The van der Waals surface area contributed by atoms with Crippen molar-refractivity contribution in [1.82, 2.24) is 0 Å². The fraction of sp³-hybridized carbons (Fsp3) is 0.400. The largest absolute Gasteiger partial charge is 0.416 e. The quantitative estimate of drug-likeness (QED) is 0.546. The van der Waals surface area contributed by atoms with Crippen molar-refractivity contribution in [3.05, 3.63) is 39.4 Å². The number of halogens is 3. The first kappa shape index (κ1) is 14.4. The van der Waals surface area contributed by atoms with Gasteiger partial charge in [0, 0.05) is 12.1 Å². The average molecular weight is 235 g/mol. The lowest BCUT2D eigenvalue weighted by Gasteiger charge is -2.08. The van der Waals surface area contributed by atoms with E-state index in [1.54, 1.807) is 0 Å². The standard InChI is InChI=1S/C8H6F3NO2.C2H6/c1-5-2-3-6(12(13)14)4-7(5)8(9,10)11;1-2/h2-4H,1H3;1-2H3. The Labute approximate surface area is 91.0 Å². The minimum absolute atomic E-state index is 0.0249. The molecule has 0 aliphatic carbocycles. The summed E-state index contributed by atoms with van der Waals surface area (Å²) >= 11 is 0. The van der Waals surface area contributed by atoms with Crippen molar-refractivity contribution in [1.29, 1.82) is 0 Å². The number of benzene rings is 1. The van der Waals surface area contributed by atoms with Gasteiger partial charge in [0.2, 0.25) is 0 Å². The zero-order valence-electron chi connectivity index (χ0n) is 9.13. The minimum atomic E-state index is -4.55. The normalized spacial score (nSPS) is 10.4. The van der Waals surface area contributed by atoms with Crippen LogP contribution < -0.4 is 0 Å². The molecule has 0 unspecified atom stereocenters. The van der Waals surface area contributed by atoms with E-state index in [1.165, 1.54) is 6.92 Å². The van der Waals surface area contributed by atoms with Crippen molar-refractivity contribution in [2.24, 2.45) is 0 Å². The number of nitrogens with zero attached hydrogens (tertiary/aromatic N) is 1. The summed E-state index contributed by atoms with van der Waals surface area (Å²) < 4.78 is 36.8. The maximum absolute atomic E-state index is 12.3. The predicted molar refractivity (Wildman–Crippen MR) is 54.2 cm³/mol. The van der Waals surface area contributed by atoms with Gasteiger partial charge in [-0.25, -0.2) is 0 Å². The number of hydrogen-bond acceptors (Lipinski definition) is 2. The van der Waals surface area contributed by atoms with E-state index in [0.29, 0.717) is 6.07 Å². The molecule has 16 heavy (non-hydrogen) atoms. The molecule has 0 fully saturated rings. The Kier molecular flexibility index (Phi) is 4.94. The van der Waals surface area contributed by atoms with Crippen LogP contribution in [-0.2, 0) is 6.18 Å². The second-order valence-electron chi connectivity index (χ2n) is 2.75. The molecule has 1 rings (SSSR count). The number of non-ortho nitro benzene ring substituents is 1. The summed E-state index contributed by atoms with van der Waals surface area (Å²) in [6, 6.07) is 2.67. The van der Waals surface area contributed by atoms with Gasteiger partial charge in [0.05, 0.1) is 10.5 Å². The van der Waals surface area contributed by atoms with Crippen molar-refractivity contribution < 1.29 is 18.1 Å². The number of rotatable bonds is 1. The van der Waals surface area contributed by atoms with Crippen LogP contribution in [0.2, 0.25) is 0 Å². The summed E-state index contributed by atoms with van der Waals surface area (Å²) in [6.45, 7) is 5.26. The Morgan fingerprint density at radius 3 is 2.12 bits per heavy atom. The van der Waals surface area contributed by atoms with Crippen LogP contribution in [0.5, 0.6) is 0 Å². The predicted octanol–water partition coefficient (Wildman–Crippen LogP) is 3.95. The molecule has 0 amide bonds. The van der Waals surface area contributed by atoms with Crippen LogP contribution in [0.1, 0.15) is 25.0 Å². The molecule has 90 valence electrons. The van der Waals surface area contributed by atoms with Crippen LogP contribution in [0, 0.1) is 17.0 Å². The summed E-state index contributed by atoms with van der Waals surface area (Å²) in [5.41, 5.74) is -1.54. The molecule has 0 heterocycles. The van der Waals surface area contributed by atoms with Gasteiger partial charge in [-0.3, -0.25) is 10.1 Å². The Bertz CT molecular complexity index is 375. The van der Waals surface area contributed by atoms with Gasteiger partial charge in [0.25, 0.3) is 5.69 Å². The Hall–Kier alpha value is -1.59. The molecule has 0 saturated heterocycles. The van der Waals surface area contributed by atoms with E-state index in [9.17, 15) is 23.3 Å². The van der Waals surface area contributed by atoms with Gasteiger partial charge in [-0.1, -0.05) is 19.9 Å². The van der Waals surface area contributed by atoms with E-state index in [0.717, 1.165) is 12.1 Å². The summed E-state index contributed by atoms with van der Waals surface area (Å²) in [4.78, 5) is 9.38. The van der Waals surface area contributed by atoms with E-state index in [1.807, 2.05) is 13.8 Å². The summed E-state index contributed by atoms with van der Waals surface area (Å²) in [7, 11) is 0. The third kappa shape index (κ3) is 3.52. The van der Waals surface area contributed by atoms with Crippen molar-refractivity contribution >= 4 is 5.69 Å². The number of alkyl halides is 3. The van der Waals surface area contributed by atoms with Gasteiger partial charge in [-0.05, 0) is 12.5 Å². The zero-order chi connectivity index (χ0) is 12.9. The molecular weight excluding hydrogens is 223 g/mol. The maximum Gasteiger partial charge on any atom is 0.416 e. The van der Waals surface area contributed by atoms with Gasteiger partial charge in [-0.15, -0.1) is 0 Å². The van der Waals surface area contributed by atoms with Crippen LogP contribution in [0.4, 0.5) is 18.9 Å². The van der Waals surface area contributed by atoms with Crippen LogP contribution in [-0.4, -0.2) is 4.92 Å². The van der Waals surface area contributed by atoms with E-state index < -0.39 is 22.4 Å². The van der Waals surface area contributed by atoms with Crippen LogP contribution in [0.3, 0.4) is 0 Å². The number of aryl methyl sites for hydroxylation is 1. The van der Waals surface area contributed by atoms with Gasteiger partial charge in [0.15, 0.2) is 0 Å². The highest BCUT2D eigenvalue weighted by Gasteiger charge is 2.33. The molecule has 0 saturated carbocycles. The topological polar surface area (TPSA) is 43.1 Å². The van der Waals surface area contributed by atoms with Crippen LogP contribution in [0.25, 0.3) is 0 Å². The molecule has 6 heteroatoms. The van der Waals surface area contributed by atoms with Gasteiger partial charge >= 0.3 is 6.18 Å². The van der Waals surface area contributed by atoms with Gasteiger partial charge in [-0.2, -0.15) is 13.2 Å². The first-order valence-corrected chi connectivity index (χ1v) is 4.64. The highest BCUT2D eigenvalue weighted by molar-refractivity contribution is 5.40. The summed E-state index contributed by atoms with van der Waals surface area (Å²) in [6.07, 6.45) is -4.55. The third-order valence-corrected chi connectivity index (χ3v) is 1.74. The van der Waals surface area contributed by atoms with Gasteiger partial charge < -0.3 is 0 Å². The fourth-order valence-electron chi connectivity index (χ4n) is 1.03. The van der Waals surface area contributed by atoms with E-state index in [-0.39, 0.29) is 5.56 Å². The molecule has 0 aliphatic rings. The van der Waals surface area contributed by atoms with Crippen molar-refractivity contribution in [2.45, 2.75) is 26.9 Å². The third-order valence-electron chi connectivity index (χ3n) is 1.74. The Morgan fingerprint density at radius 2 is 1.75 bits per heavy atom. The smallest absolute Gasteiger partial charge is 0.258 e. The summed E-state index contributed by atoms with van der Waals surface area (Å²) in [5, 5.41) is 10.2. The second kappa shape index (κ2) is 5.48. The molecule has 1 aromatic rings. The number of hydrogen-bond donors (Lipinski definition) is 0. The summed E-state index contributed by atoms with van der Waals surface area (Å²) in [5.74, 6) is 0. The lowest BCUT2D eigenvalue weighted by molar-refractivity contribution is -0.385. The molecule has 0 spiro atoms. The zero-order valence-corrected chi connectivity index (χ0v) is 9.13. The molecule has 0 radical (unpaired) electrons. The maximum atomic E-state index is 12.3. The average Bonchev–Trinajstić information content (AvgIpc) is 2.19. The highest BCUT2D eigenvalue weighted by Crippen LogP contribution is 2.33. The first-order chi connectivity index (χ1) is 7.32. The van der Waals surface area contributed by atoms with Gasteiger partial charge in [0.1, 0.15) is 0 Å². The molecule has 0 aliphatic heterocycles. The Balaban J connectivity index is 0.00000106. The van der Waals surface area contributed by atoms with Crippen molar-refractivity contribution in [3.63, 3.8) is 0 Å². The lowest BCUT2D eigenvalue weighted by atomic mass is 10.1. The lowest BCUT2D eigenvalue weighted by Crippen LogP contribution is -2.07. The molecule has 0 atom stereocenters. The Morgan fingerprint density at radius 1 is 1.25 bits per heavy atom. The molecule has 0 bridgehead atoms. The monoisotopic (exact) mass is 235 g/mol. The highest BCUT2D eigenvalue weighted by atomic mass is 19.4. The molecule has 1 aromatic carbocycles. The van der Waals surface area contributed by atoms with E-state index in [2.05, 4.69) is 0 Å². The van der Waals surface area contributed by atoms with E-state index >= 15 is 0 Å². The number of nitro groups is 1. The van der Waals surface area contributed by atoms with E-state index in [4.69, 9.17) is 0 Å². The molecular formula is C10H12F3NO2. The first-order valence-electron chi connectivity index (χ1n) is 4.64. The molecule has 0 N–H and O–H groups in total.